The molecule has 2 aliphatic rings. The van der Waals surface area contributed by atoms with Gasteiger partial charge in [-0.05, 0) is 31.4 Å². The lowest BCUT2D eigenvalue weighted by Gasteiger charge is -2.36. The number of halogens is 1. The van der Waals surface area contributed by atoms with Gasteiger partial charge in [0.05, 0.1) is 12.4 Å². The number of rotatable bonds is 6. The van der Waals surface area contributed by atoms with Gasteiger partial charge in [0.2, 0.25) is 0 Å². The summed E-state index contributed by atoms with van der Waals surface area (Å²) in [7, 11) is 1.79. The Morgan fingerprint density at radius 3 is 2.61 bits per heavy atom. The minimum Gasteiger partial charge on any atom is -0.459 e. The Bertz CT molecular complexity index is 597. The van der Waals surface area contributed by atoms with Crippen LogP contribution in [-0.4, -0.2) is 87.4 Å². The van der Waals surface area contributed by atoms with Crippen molar-refractivity contribution in [3.8, 4) is 0 Å². The number of carbonyl (C=O) groups is 1. The van der Waals surface area contributed by atoms with E-state index in [2.05, 4.69) is 15.2 Å². The van der Waals surface area contributed by atoms with Gasteiger partial charge in [-0.2, -0.15) is 0 Å². The molecule has 158 valence electrons. The highest BCUT2D eigenvalue weighted by atomic mass is 127. The van der Waals surface area contributed by atoms with E-state index in [0.717, 1.165) is 64.7 Å². The fourth-order valence-corrected chi connectivity index (χ4v) is 3.37. The molecule has 0 aromatic carbocycles. The topological polar surface area (TPSA) is 79.5 Å². The van der Waals surface area contributed by atoms with Gasteiger partial charge in [0.25, 0.3) is 5.91 Å². The summed E-state index contributed by atoms with van der Waals surface area (Å²) in [5.74, 6) is 1.23. The SMILES string of the molecule is CN=C(NCCCOC1CCOCC1)N1CCN(C(=O)c2ccco2)CC1.I. The van der Waals surface area contributed by atoms with Crippen LogP contribution in [0.5, 0.6) is 0 Å². The smallest absolute Gasteiger partial charge is 0.289 e. The molecule has 2 aliphatic heterocycles. The summed E-state index contributed by atoms with van der Waals surface area (Å²) < 4.78 is 16.4. The summed E-state index contributed by atoms with van der Waals surface area (Å²) in [6, 6.07) is 3.44. The van der Waals surface area contributed by atoms with E-state index >= 15 is 0 Å². The van der Waals surface area contributed by atoms with Crippen molar-refractivity contribution in [1.82, 2.24) is 15.1 Å². The molecule has 28 heavy (non-hydrogen) atoms. The molecule has 1 N–H and O–H groups in total. The zero-order valence-electron chi connectivity index (χ0n) is 16.5. The van der Waals surface area contributed by atoms with Crippen molar-refractivity contribution in [3.05, 3.63) is 24.2 Å². The lowest BCUT2D eigenvalue weighted by atomic mass is 10.1. The van der Waals surface area contributed by atoms with Crippen LogP contribution in [0.25, 0.3) is 0 Å². The number of piperazine rings is 1. The van der Waals surface area contributed by atoms with Gasteiger partial charge in [-0.25, -0.2) is 0 Å². The Morgan fingerprint density at radius 1 is 1.25 bits per heavy atom. The zero-order chi connectivity index (χ0) is 18.9. The van der Waals surface area contributed by atoms with E-state index in [0.29, 0.717) is 25.0 Å². The van der Waals surface area contributed by atoms with Gasteiger partial charge in [-0.15, -0.1) is 24.0 Å². The summed E-state index contributed by atoms with van der Waals surface area (Å²) in [5.41, 5.74) is 0. The van der Waals surface area contributed by atoms with E-state index in [1.54, 1.807) is 19.2 Å². The average molecular weight is 506 g/mol. The number of hydrogen-bond acceptors (Lipinski definition) is 5. The van der Waals surface area contributed by atoms with Crippen molar-refractivity contribution in [2.45, 2.75) is 25.4 Å². The highest BCUT2D eigenvalue weighted by Crippen LogP contribution is 2.11. The molecule has 0 bridgehead atoms. The molecular weight excluding hydrogens is 475 g/mol. The van der Waals surface area contributed by atoms with Gasteiger partial charge in [-0.1, -0.05) is 0 Å². The molecule has 0 aliphatic carbocycles. The number of ether oxygens (including phenoxy) is 2. The maximum atomic E-state index is 12.3. The van der Waals surface area contributed by atoms with E-state index in [1.807, 2.05) is 4.90 Å². The van der Waals surface area contributed by atoms with Crippen LogP contribution in [0.1, 0.15) is 29.8 Å². The molecule has 0 radical (unpaired) electrons. The number of nitrogens with zero attached hydrogens (tertiary/aromatic N) is 3. The fraction of sp³-hybridized carbons (Fsp3) is 0.684. The molecule has 8 nitrogen and oxygen atoms in total. The van der Waals surface area contributed by atoms with Crippen molar-refractivity contribution in [2.24, 2.45) is 4.99 Å². The van der Waals surface area contributed by atoms with E-state index in [-0.39, 0.29) is 29.9 Å². The van der Waals surface area contributed by atoms with Crippen LogP contribution in [-0.2, 0) is 9.47 Å². The largest absolute Gasteiger partial charge is 0.459 e. The number of carbonyl (C=O) groups excluding carboxylic acids is 1. The molecule has 3 rings (SSSR count). The van der Waals surface area contributed by atoms with Crippen molar-refractivity contribution >= 4 is 35.8 Å². The van der Waals surface area contributed by atoms with Gasteiger partial charge in [-0.3, -0.25) is 9.79 Å². The zero-order valence-corrected chi connectivity index (χ0v) is 18.8. The second-order valence-corrected chi connectivity index (χ2v) is 6.77. The van der Waals surface area contributed by atoms with Crippen molar-refractivity contribution in [3.63, 3.8) is 0 Å². The molecule has 0 saturated carbocycles. The third-order valence-electron chi connectivity index (χ3n) is 4.94. The third-order valence-corrected chi connectivity index (χ3v) is 4.94. The summed E-state index contributed by atoms with van der Waals surface area (Å²) in [5, 5.41) is 3.40. The van der Waals surface area contributed by atoms with Crippen LogP contribution >= 0.6 is 24.0 Å². The number of furan rings is 1. The molecule has 1 amide bonds. The average Bonchev–Trinajstić information content (AvgIpc) is 3.26. The standard InChI is InChI=1S/C19H30N4O4.HI/c1-20-19(21-7-3-13-26-16-5-14-25-15-6-16)23-10-8-22(9-11-23)18(24)17-4-2-12-27-17;/h2,4,12,16H,3,5-11,13-15H2,1H3,(H,20,21);1H. The lowest BCUT2D eigenvalue weighted by Crippen LogP contribution is -2.53. The molecular formula is C19H31IN4O4. The van der Waals surface area contributed by atoms with Crippen LogP contribution in [0, 0.1) is 0 Å². The van der Waals surface area contributed by atoms with Crippen LogP contribution in [0.4, 0.5) is 0 Å². The van der Waals surface area contributed by atoms with E-state index in [4.69, 9.17) is 13.9 Å². The van der Waals surface area contributed by atoms with Crippen LogP contribution in [0.15, 0.2) is 27.8 Å². The molecule has 9 heteroatoms. The summed E-state index contributed by atoms with van der Waals surface area (Å²) in [6.07, 6.45) is 4.80. The predicted octanol–water partition coefficient (Wildman–Crippen LogP) is 1.82. The first kappa shape index (κ1) is 23.0. The van der Waals surface area contributed by atoms with Gasteiger partial charge in [0.1, 0.15) is 0 Å². The minimum atomic E-state index is -0.0483. The fourth-order valence-electron chi connectivity index (χ4n) is 3.37. The summed E-state index contributed by atoms with van der Waals surface area (Å²) >= 11 is 0. The number of nitrogens with one attached hydrogen (secondary N) is 1. The molecule has 3 heterocycles. The summed E-state index contributed by atoms with van der Waals surface area (Å²) in [4.78, 5) is 20.7. The normalized spacial score (nSPS) is 18.7. The first-order chi connectivity index (χ1) is 13.3. The third kappa shape index (κ3) is 6.63. The number of hydrogen-bond donors (Lipinski definition) is 1. The number of guanidine groups is 1. The van der Waals surface area contributed by atoms with Gasteiger partial charge >= 0.3 is 0 Å². The molecule has 2 fully saturated rings. The molecule has 1 aromatic heterocycles. The van der Waals surface area contributed by atoms with Gasteiger partial charge in [0.15, 0.2) is 11.7 Å². The first-order valence-corrected chi connectivity index (χ1v) is 9.75. The highest BCUT2D eigenvalue weighted by molar-refractivity contribution is 14.0. The molecule has 0 atom stereocenters. The summed E-state index contributed by atoms with van der Waals surface area (Å²) in [6.45, 7) is 6.02. The molecule has 0 spiro atoms. The maximum absolute atomic E-state index is 12.3. The maximum Gasteiger partial charge on any atom is 0.289 e. The van der Waals surface area contributed by atoms with Crippen LogP contribution in [0.2, 0.25) is 0 Å². The van der Waals surface area contributed by atoms with Crippen molar-refractivity contribution in [1.29, 1.82) is 0 Å². The number of aliphatic imine (C=N–C) groups is 1. The number of amides is 1. The Kier molecular flexibility index (Phi) is 10.1. The van der Waals surface area contributed by atoms with Crippen LogP contribution < -0.4 is 5.32 Å². The minimum absolute atomic E-state index is 0. The lowest BCUT2D eigenvalue weighted by molar-refractivity contribution is -0.0320. The van der Waals surface area contributed by atoms with Crippen LogP contribution in [0.3, 0.4) is 0 Å². The highest BCUT2D eigenvalue weighted by Gasteiger charge is 2.25. The second kappa shape index (κ2) is 12.3. The monoisotopic (exact) mass is 506 g/mol. The Hall–Kier alpha value is -1.33. The van der Waals surface area contributed by atoms with Gasteiger partial charge < -0.3 is 29.0 Å². The van der Waals surface area contributed by atoms with E-state index in [1.165, 1.54) is 6.26 Å². The van der Waals surface area contributed by atoms with E-state index < -0.39 is 0 Å². The Labute approximate surface area is 183 Å². The predicted molar refractivity (Wildman–Crippen MR) is 117 cm³/mol. The quantitative estimate of drug-likeness (QED) is 0.275. The first-order valence-electron chi connectivity index (χ1n) is 9.75. The van der Waals surface area contributed by atoms with Crippen molar-refractivity contribution < 1.29 is 18.7 Å². The van der Waals surface area contributed by atoms with E-state index in [9.17, 15) is 4.79 Å². The van der Waals surface area contributed by atoms with Gasteiger partial charge in [0, 0.05) is 59.6 Å². The van der Waals surface area contributed by atoms with Crippen molar-refractivity contribution in [2.75, 3.05) is 59.6 Å². The Morgan fingerprint density at radius 2 is 1.96 bits per heavy atom. The molecule has 1 aromatic rings. The molecule has 2 saturated heterocycles. The second-order valence-electron chi connectivity index (χ2n) is 6.77. The molecule has 0 unspecified atom stereocenters. The Balaban J connectivity index is 0.00000280.